The summed E-state index contributed by atoms with van der Waals surface area (Å²) in [6.07, 6.45) is 2.03. The van der Waals surface area contributed by atoms with Crippen molar-refractivity contribution in [3.8, 4) is 0 Å². The zero-order valence-electron chi connectivity index (χ0n) is 15.4. The number of nitro groups is 1. The van der Waals surface area contributed by atoms with Crippen molar-refractivity contribution >= 4 is 38.2 Å². The van der Waals surface area contributed by atoms with Crippen LogP contribution in [0.3, 0.4) is 0 Å². The first-order valence-corrected chi connectivity index (χ1v) is 11.9. The molecule has 1 saturated heterocycles. The van der Waals surface area contributed by atoms with E-state index in [0.29, 0.717) is 12.3 Å². The van der Waals surface area contributed by atoms with E-state index in [1.54, 1.807) is 11.8 Å². The molecule has 1 fully saturated rings. The van der Waals surface area contributed by atoms with Gasteiger partial charge in [0, 0.05) is 24.4 Å². The average Bonchev–Trinajstić information content (AvgIpc) is 3.37. The lowest BCUT2D eigenvalue weighted by Crippen LogP contribution is -2.30. The number of thioether (sulfide) groups is 1. The quantitative estimate of drug-likeness (QED) is 0.459. The molecule has 2 aliphatic rings. The molecule has 1 aliphatic heterocycles. The molecule has 1 atom stereocenters. The van der Waals surface area contributed by atoms with E-state index >= 15 is 0 Å². The van der Waals surface area contributed by atoms with Crippen molar-refractivity contribution in [1.82, 2.24) is 4.31 Å². The van der Waals surface area contributed by atoms with Gasteiger partial charge in [-0.1, -0.05) is 36.4 Å². The van der Waals surface area contributed by atoms with Gasteiger partial charge < -0.3 is 0 Å². The normalized spacial score (nSPS) is 19.1. The molecule has 0 N–H and O–H groups in total. The van der Waals surface area contributed by atoms with Crippen LogP contribution in [0.15, 0.2) is 59.5 Å². The van der Waals surface area contributed by atoms with Crippen LogP contribution in [0.4, 0.5) is 5.69 Å². The molecule has 0 radical (unpaired) electrons. The molecule has 29 heavy (non-hydrogen) atoms. The minimum absolute atomic E-state index is 0.0369. The maximum Gasteiger partial charge on any atom is 0.270 e. The van der Waals surface area contributed by atoms with Gasteiger partial charge in [0.15, 0.2) is 0 Å². The van der Waals surface area contributed by atoms with E-state index in [0.717, 1.165) is 29.9 Å². The molecule has 0 aromatic heterocycles. The minimum atomic E-state index is -3.86. The monoisotopic (exact) mass is 426 g/mol. The Balaban J connectivity index is 1.61. The molecule has 0 bridgehead atoms. The fraction of sp³-hybridized carbons (Fsp3) is 0.238. The highest BCUT2D eigenvalue weighted by Gasteiger charge is 2.38. The molecule has 148 valence electrons. The predicted octanol–water partition coefficient (Wildman–Crippen LogP) is 4.28. The largest absolute Gasteiger partial charge is 0.270 e. The van der Waals surface area contributed by atoms with Gasteiger partial charge in [0.25, 0.3) is 5.69 Å². The Bertz CT molecular complexity index is 1250. The zero-order chi connectivity index (χ0) is 20.2. The number of hydrogen-bond donors (Lipinski definition) is 0. The molecule has 0 spiro atoms. The molecule has 3 aromatic carbocycles. The summed E-state index contributed by atoms with van der Waals surface area (Å²) in [7, 11) is -3.86. The van der Waals surface area contributed by atoms with Crippen LogP contribution in [-0.4, -0.2) is 29.9 Å². The van der Waals surface area contributed by atoms with Crippen molar-refractivity contribution in [3.63, 3.8) is 0 Å². The highest BCUT2D eigenvalue weighted by molar-refractivity contribution is 8.01. The number of hydrogen-bond acceptors (Lipinski definition) is 5. The van der Waals surface area contributed by atoms with Crippen molar-refractivity contribution in [1.29, 1.82) is 0 Å². The van der Waals surface area contributed by atoms with Crippen LogP contribution >= 0.6 is 11.8 Å². The third-order valence-electron chi connectivity index (χ3n) is 5.66. The van der Waals surface area contributed by atoms with Crippen LogP contribution in [0.2, 0.25) is 0 Å². The first kappa shape index (κ1) is 18.6. The first-order valence-electron chi connectivity index (χ1n) is 9.38. The second kappa shape index (κ2) is 6.83. The molecule has 8 heteroatoms. The standard InChI is InChI=1S/C21H18N2O4S2/c24-23(25)16-4-2-5-17(13-16)29(26,27)22-11-12-28-21(22)19-10-9-15-8-7-14-3-1-6-18(19)20(14)15/h1-6,9-10,13,21H,7-8,11-12H2. The van der Waals surface area contributed by atoms with Gasteiger partial charge in [-0.05, 0) is 46.4 Å². The highest BCUT2D eigenvalue weighted by atomic mass is 32.2. The molecule has 0 saturated carbocycles. The van der Waals surface area contributed by atoms with Crippen LogP contribution in [0.25, 0.3) is 10.8 Å². The third kappa shape index (κ3) is 2.94. The third-order valence-corrected chi connectivity index (χ3v) is 8.90. The number of benzene rings is 3. The van der Waals surface area contributed by atoms with E-state index in [4.69, 9.17) is 0 Å². The maximum atomic E-state index is 13.4. The highest BCUT2D eigenvalue weighted by Crippen LogP contribution is 2.45. The SMILES string of the molecule is O=[N+]([O-])c1cccc(S(=O)(=O)N2CCSC2c2ccc3c4c(cccc24)CC3)c1. The zero-order valence-corrected chi connectivity index (χ0v) is 17.1. The van der Waals surface area contributed by atoms with E-state index in [9.17, 15) is 18.5 Å². The van der Waals surface area contributed by atoms with Gasteiger partial charge in [0.2, 0.25) is 10.0 Å². The molecule has 3 aromatic rings. The Hall–Kier alpha value is -2.42. The van der Waals surface area contributed by atoms with Crippen LogP contribution < -0.4 is 0 Å². The van der Waals surface area contributed by atoms with Gasteiger partial charge >= 0.3 is 0 Å². The van der Waals surface area contributed by atoms with Crippen molar-refractivity contribution in [2.24, 2.45) is 0 Å². The smallest absolute Gasteiger partial charge is 0.258 e. The Labute approximate surface area is 172 Å². The van der Waals surface area contributed by atoms with E-state index in [-0.39, 0.29) is 16.0 Å². The van der Waals surface area contributed by atoms with Gasteiger partial charge in [0.1, 0.15) is 0 Å². The van der Waals surface area contributed by atoms with Gasteiger partial charge in [-0.2, -0.15) is 4.31 Å². The maximum absolute atomic E-state index is 13.4. The number of rotatable bonds is 4. The topological polar surface area (TPSA) is 80.5 Å². The molecular weight excluding hydrogens is 408 g/mol. The molecule has 1 unspecified atom stereocenters. The van der Waals surface area contributed by atoms with Crippen LogP contribution in [-0.2, 0) is 22.9 Å². The van der Waals surface area contributed by atoms with Gasteiger partial charge in [-0.25, -0.2) is 8.42 Å². The van der Waals surface area contributed by atoms with Gasteiger partial charge in [-0.15, -0.1) is 11.8 Å². The van der Waals surface area contributed by atoms with Crippen LogP contribution in [0, 0.1) is 10.1 Å². The average molecular weight is 427 g/mol. The summed E-state index contributed by atoms with van der Waals surface area (Å²) in [5, 5.41) is 13.1. The van der Waals surface area contributed by atoms with Crippen molar-refractivity contribution in [2.75, 3.05) is 12.3 Å². The summed E-state index contributed by atoms with van der Waals surface area (Å²) in [5.41, 5.74) is 3.40. The molecular formula is C21H18N2O4S2. The summed E-state index contributed by atoms with van der Waals surface area (Å²) in [5.74, 6) is 0.682. The Morgan fingerprint density at radius 3 is 2.59 bits per heavy atom. The van der Waals surface area contributed by atoms with E-state index in [1.165, 1.54) is 39.0 Å². The van der Waals surface area contributed by atoms with Gasteiger partial charge in [-0.3, -0.25) is 10.1 Å². The van der Waals surface area contributed by atoms with E-state index < -0.39 is 14.9 Å². The minimum Gasteiger partial charge on any atom is -0.258 e. The second-order valence-electron chi connectivity index (χ2n) is 7.25. The number of nitro benzene ring substituents is 1. The molecule has 0 amide bonds. The second-order valence-corrected chi connectivity index (χ2v) is 10.3. The predicted molar refractivity (Wildman–Crippen MR) is 114 cm³/mol. The number of sulfonamides is 1. The molecule has 6 nitrogen and oxygen atoms in total. The van der Waals surface area contributed by atoms with Gasteiger partial charge in [0.05, 0.1) is 15.2 Å². The Morgan fingerprint density at radius 1 is 1.03 bits per heavy atom. The summed E-state index contributed by atoms with van der Waals surface area (Å²) >= 11 is 1.60. The van der Waals surface area contributed by atoms with Crippen molar-refractivity contribution in [3.05, 3.63) is 81.4 Å². The lowest BCUT2D eigenvalue weighted by Gasteiger charge is -2.25. The van der Waals surface area contributed by atoms with Crippen molar-refractivity contribution in [2.45, 2.75) is 23.1 Å². The number of nitrogens with zero attached hydrogens (tertiary/aromatic N) is 2. The van der Waals surface area contributed by atoms with E-state index in [2.05, 4.69) is 18.2 Å². The van der Waals surface area contributed by atoms with Crippen molar-refractivity contribution < 1.29 is 13.3 Å². The molecule has 5 rings (SSSR count). The van der Waals surface area contributed by atoms with Crippen LogP contribution in [0.5, 0.6) is 0 Å². The number of non-ortho nitro benzene ring substituents is 1. The lowest BCUT2D eigenvalue weighted by molar-refractivity contribution is -0.385. The summed E-state index contributed by atoms with van der Waals surface area (Å²) < 4.78 is 28.2. The molecule has 1 heterocycles. The Morgan fingerprint density at radius 2 is 1.79 bits per heavy atom. The van der Waals surface area contributed by atoms with Crippen LogP contribution in [0.1, 0.15) is 22.1 Å². The Kier molecular flexibility index (Phi) is 4.38. The fourth-order valence-electron chi connectivity index (χ4n) is 4.32. The number of aryl methyl sites for hydroxylation is 2. The lowest BCUT2D eigenvalue weighted by atomic mass is 10.00. The first-order chi connectivity index (χ1) is 14.0. The fourth-order valence-corrected chi connectivity index (χ4v) is 7.63. The molecule has 1 aliphatic carbocycles. The summed E-state index contributed by atoms with van der Waals surface area (Å²) in [6, 6.07) is 15.7. The summed E-state index contributed by atoms with van der Waals surface area (Å²) in [6.45, 7) is 0.378. The van der Waals surface area contributed by atoms with E-state index in [1.807, 2.05) is 12.1 Å². The summed E-state index contributed by atoms with van der Waals surface area (Å²) in [4.78, 5) is 10.5.